The van der Waals surface area contributed by atoms with Gasteiger partial charge in [0.05, 0.1) is 32.6 Å². The first-order valence-electron chi connectivity index (χ1n) is 28.8. The Morgan fingerprint density at radius 2 is 0.671 bits per heavy atom. The number of imidazole rings is 2. The molecule has 0 aliphatic carbocycles. The van der Waals surface area contributed by atoms with Crippen molar-refractivity contribution < 1.29 is 46.0 Å². The van der Waals surface area contributed by atoms with Gasteiger partial charge in [0.15, 0.2) is 47.9 Å². The highest BCUT2D eigenvalue weighted by atomic mass is 32.1. The Morgan fingerprint density at radius 1 is 0.353 bits per heavy atom. The minimum Gasteiger partial charge on any atom is -0.484 e. The Balaban J connectivity index is 0.758. The fourth-order valence-corrected chi connectivity index (χ4v) is 17.1. The van der Waals surface area contributed by atoms with E-state index in [9.17, 15) is 0 Å². The maximum atomic E-state index is 6.68. The Bertz CT molecular complexity index is 5400. The monoisotopic (exact) mass is 1110 g/mol. The van der Waals surface area contributed by atoms with E-state index in [0.29, 0.717) is 36.4 Å². The van der Waals surface area contributed by atoms with Crippen molar-refractivity contribution in [2.24, 2.45) is 0 Å². The van der Waals surface area contributed by atoms with Gasteiger partial charge >= 0.3 is 33.9 Å². The van der Waals surface area contributed by atoms with E-state index >= 15 is 0 Å². The van der Waals surface area contributed by atoms with Crippen molar-refractivity contribution in [3.05, 3.63) is 219 Å². The van der Waals surface area contributed by atoms with E-state index < -0.39 is 11.8 Å². The van der Waals surface area contributed by atoms with Crippen LogP contribution >= 0.6 is 11.3 Å². The van der Waals surface area contributed by atoms with Crippen molar-refractivity contribution >= 4 is 121 Å². The summed E-state index contributed by atoms with van der Waals surface area (Å²) >= 11 is 1.59. The quantitative estimate of drug-likeness (QED) is 0.133. The first-order valence-corrected chi connectivity index (χ1v) is 29.6. The number of hydrogen-bond donors (Lipinski definition) is 2. The van der Waals surface area contributed by atoms with Gasteiger partial charge in [-0.25, -0.2) is 9.97 Å². The second-order valence-corrected chi connectivity index (χ2v) is 24.0. The van der Waals surface area contributed by atoms with E-state index in [1.54, 1.807) is 11.3 Å². The molecule has 6 aromatic carbocycles. The van der Waals surface area contributed by atoms with Crippen LogP contribution in [0.15, 0.2) is 219 Å². The molecule has 0 amide bonds. The lowest BCUT2D eigenvalue weighted by molar-refractivity contribution is -1.28. The number of para-hydroxylation sites is 4. The van der Waals surface area contributed by atoms with Crippen molar-refractivity contribution in [2.45, 2.75) is 11.8 Å². The minimum atomic E-state index is -0.902. The predicted octanol–water partition coefficient (Wildman–Crippen LogP) is 9.14. The number of hydrogen-bond acceptors (Lipinski definition) is 5. The molecule has 392 valence electrons. The van der Waals surface area contributed by atoms with Gasteiger partial charge in [0.2, 0.25) is 22.1 Å². The van der Waals surface area contributed by atoms with E-state index in [4.69, 9.17) is 19.4 Å². The Hall–Kier alpha value is -11.2. The number of rotatable bonds is 2. The van der Waals surface area contributed by atoms with Crippen molar-refractivity contribution in [3.8, 4) is 55.7 Å². The molecule has 15 heteroatoms. The van der Waals surface area contributed by atoms with Crippen molar-refractivity contribution in [1.82, 2.24) is 19.9 Å². The standard InChI is InChI=1S/C70H40N12O2S/c1-5-21-47-39(13-1)25-29-51-52-30-26-40-14-2-6-22-48(40)80(52)69(79(47)51)75-33-9-17-43-55-56(44-18-10-34-76(69)60(44)59(43)75)72-67(71-55)65-63-64(84-38-37-83-63)66(85-65)68-73-57-45-19-11-35-77-61(45)62-46(58(57)74-68)20-12-36-78(62)70(77)81-49-23-7-3-15-41(49)27-31-53(81)54-32-28-42-16-4-8-24-50(42)82(54)70/h1-36H,37-38H2/q+6/p+2. The summed E-state index contributed by atoms with van der Waals surface area (Å²) in [6, 6.07) is 70.7. The molecule has 0 unspecified atom stereocenters. The largest absolute Gasteiger partial charge is 0.771 e. The molecule has 5 aliphatic heterocycles. The van der Waals surface area contributed by atoms with Crippen LogP contribution in [0.4, 0.5) is 0 Å². The molecule has 22 rings (SSSR count). The maximum Gasteiger partial charge on any atom is 0.771 e. The van der Waals surface area contributed by atoms with E-state index in [0.717, 1.165) is 120 Å². The van der Waals surface area contributed by atoms with E-state index in [-0.39, 0.29) is 0 Å². The third-order valence-corrected chi connectivity index (χ3v) is 20.3. The van der Waals surface area contributed by atoms with Crippen LogP contribution in [0.2, 0.25) is 0 Å². The fourth-order valence-electron chi connectivity index (χ4n) is 16.0. The molecule has 0 saturated heterocycles. The van der Waals surface area contributed by atoms with Gasteiger partial charge < -0.3 is 19.4 Å². The minimum absolute atomic E-state index is 0.413. The third-order valence-electron chi connectivity index (χ3n) is 19.1. The molecule has 85 heavy (non-hydrogen) atoms. The van der Waals surface area contributed by atoms with Gasteiger partial charge in [-0.2, -0.15) is 0 Å². The van der Waals surface area contributed by atoms with Gasteiger partial charge in [0.25, 0.3) is 22.8 Å². The second kappa shape index (κ2) is 14.7. The highest BCUT2D eigenvalue weighted by Gasteiger charge is 2.84. The van der Waals surface area contributed by atoms with Crippen LogP contribution in [0.1, 0.15) is 0 Å². The number of thiophene rings is 1. The van der Waals surface area contributed by atoms with Gasteiger partial charge in [-0.05, 0) is 72.8 Å². The van der Waals surface area contributed by atoms with E-state index in [2.05, 4.69) is 265 Å². The number of nitrogens with zero attached hydrogens (tertiary/aromatic N) is 10. The predicted molar refractivity (Wildman–Crippen MR) is 319 cm³/mol. The lowest BCUT2D eigenvalue weighted by atomic mass is 10.1. The first kappa shape index (κ1) is 43.6. The van der Waals surface area contributed by atoms with Crippen LogP contribution in [0.25, 0.3) is 153 Å². The second-order valence-electron chi connectivity index (χ2n) is 22.9. The summed E-state index contributed by atoms with van der Waals surface area (Å²) in [5, 5.41) is 8.88. The van der Waals surface area contributed by atoms with Crippen molar-refractivity contribution in [1.29, 1.82) is 0 Å². The summed E-state index contributed by atoms with van der Waals surface area (Å²) in [6.07, 6.45) is 9.00. The van der Waals surface area contributed by atoms with Gasteiger partial charge in [0, 0.05) is 131 Å². The molecule has 0 fully saturated rings. The molecule has 0 saturated carbocycles. The number of fused-ring (bicyclic) bond motifs is 29. The zero-order valence-electron chi connectivity index (χ0n) is 44.9. The summed E-state index contributed by atoms with van der Waals surface area (Å²) in [4.78, 5) is 20.8. The van der Waals surface area contributed by atoms with Crippen molar-refractivity contribution in [2.75, 3.05) is 13.2 Å². The van der Waals surface area contributed by atoms with E-state index in [1.807, 2.05) is 0 Å². The van der Waals surface area contributed by atoms with E-state index in [1.165, 1.54) is 21.5 Å². The number of aromatic nitrogens is 12. The SMILES string of the molecule is c1ccc2c(c1)ccc1[n+]2C2([n+]3cccc4c5nc(-c6sc(-c7nc8c9ccc[n+]%10c9c9c(ccc[n+]9C%109[n+]%10c(ccc%11ccccc%11%10)-c%10ccc%11ccccc%11[n+]%109)c8[nH]7)c7c6OCCO7)[nH]c5c5ccc[n+]2c5c43)[n+]2c-1ccc1ccccc12. The molecule has 2 N–H and O–H groups in total. The summed E-state index contributed by atoms with van der Waals surface area (Å²) in [5.74, 6) is 0.952. The number of H-pyrrole nitrogens is 2. The smallest absolute Gasteiger partial charge is 0.484 e. The van der Waals surface area contributed by atoms with Crippen LogP contribution < -0.4 is 46.0 Å². The number of pyridine rings is 8. The first-order chi connectivity index (χ1) is 42.2. The molecular weight excluding hydrogens is 1070 g/mol. The molecule has 0 atom stereocenters. The number of nitrogens with one attached hydrogen (secondary N) is 2. The highest BCUT2D eigenvalue weighted by Crippen LogP contribution is 2.54. The number of ether oxygens (including phenoxy) is 2. The molecule has 5 aliphatic rings. The molecular formula is C70H42N12O2S+8. The Morgan fingerprint density at radius 3 is 1.02 bits per heavy atom. The molecule has 0 bridgehead atoms. The Labute approximate surface area is 483 Å². The third kappa shape index (κ3) is 4.80. The lowest BCUT2D eigenvalue weighted by Crippen LogP contribution is -2.94. The molecule has 0 radical (unpaired) electrons. The normalized spacial score (nSPS) is 15.1. The molecule has 2 spiro atoms. The van der Waals surface area contributed by atoms with Gasteiger partial charge in [0.1, 0.15) is 34.0 Å². The molecule has 17 aromatic rings. The van der Waals surface area contributed by atoms with Crippen LogP contribution in [0.5, 0.6) is 11.5 Å². The van der Waals surface area contributed by atoms with Crippen molar-refractivity contribution in [3.63, 3.8) is 0 Å². The fraction of sp³-hybridized carbons (Fsp3) is 0.0571. The zero-order chi connectivity index (χ0) is 54.8. The topological polar surface area (TPSA) is 107 Å². The summed E-state index contributed by atoms with van der Waals surface area (Å²) in [6.45, 7) is 0.825. The van der Waals surface area contributed by atoms with Gasteiger partial charge in [-0.15, -0.1) is 11.3 Å². The summed E-state index contributed by atoms with van der Waals surface area (Å²) in [7, 11) is 0. The van der Waals surface area contributed by atoms with Gasteiger partial charge in [-0.3, -0.25) is 0 Å². The number of aromatic amines is 2. The average Bonchev–Trinajstić information content (AvgIpc) is 1.50. The summed E-state index contributed by atoms with van der Waals surface area (Å²) in [5.41, 5.74) is 17.2. The molecule has 14 nitrogen and oxygen atoms in total. The molecule has 16 heterocycles. The Kier molecular flexibility index (Phi) is 7.54. The van der Waals surface area contributed by atoms with Crippen LogP contribution in [0.3, 0.4) is 0 Å². The lowest BCUT2D eigenvalue weighted by Gasteiger charge is -2.16. The number of benzene rings is 6. The maximum absolute atomic E-state index is 6.68. The average molecular weight is 1120 g/mol. The van der Waals surface area contributed by atoms with Crippen LogP contribution in [0, 0.1) is 0 Å². The zero-order valence-corrected chi connectivity index (χ0v) is 45.7. The highest BCUT2D eigenvalue weighted by molar-refractivity contribution is 7.19. The van der Waals surface area contributed by atoms with Crippen LogP contribution in [-0.4, -0.2) is 33.1 Å². The van der Waals surface area contributed by atoms with Crippen LogP contribution in [-0.2, 0) is 11.8 Å². The van der Waals surface area contributed by atoms with Gasteiger partial charge in [-0.1, -0.05) is 48.5 Å². The molecule has 11 aromatic heterocycles. The summed E-state index contributed by atoms with van der Waals surface area (Å²) < 4.78 is 33.4.